The fourth-order valence-corrected chi connectivity index (χ4v) is 2.05. The van der Waals surface area contributed by atoms with Gasteiger partial charge in [-0.25, -0.2) is 0 Å². The summed E-state index contributed by atoms with van der Waals surface area (Å²) in [6.45, 7) is 7.17. The summed E-state index contributed by atoms with van der Waals surface area (Å²) < 4.78 is 1.90. The van der Waals surface area contributed by atoms with Crippen LogP contribution in [0.5, 0.6) is 0 Å². The standard InChI is InChI=1S/C13H25N5O/c1-11(2)10-18(9-6-13(14)16-19)8-5-12-4-7-15-17(12)3/h4,7,11,19H,5-6,8-10H2,1-3H3,(H2,14,16). The molecule has 0 spiro atoms. The molecular weight excluding hydrogens is 242 g/mol. The first-order valence-corrected chi connectivity index (χ1v) is 6.68. The number of nitrogens with zero attached hydrogens (tertiary/aromatic N) is 4. The van der Waals surface area contributed by atoms with Gasteiger partial charge in [-0.15, -0.1) is 0 Å². The number of nitrogens with two attached hydrogens (primary N) is 1. The molecule has 0 aliphatic rings. The first-order chi connectivity index (χ1) is 9.02. The highest BCUT2D eigenvalue weighted by molar-refractivity contribution is 5.79. The maximum atomic E-state index is 8.58. The number of amidine groups is 1. The normalized spacial score (nSPS) is 12.6. The van der Waals surface area contributed by atoms with Gasteiger partial charge in [-0.1, -0.05) is 19.0 Å². The van der Waals surface area contributed by atoms with E-state index in [1.54, 1.807) is 0 Å². The highest BCUT2D eigenvalue weighted by atomic mass is 16.4. The molecule has 0 aromatic carbocycles. The van der Waals surface area contributed by atoms with Crippen LogP contribution in [-0.4, -0.2) is 45.4 Å². The molecule has 0 saturated heterocycles. The van der Waals surface area contributed by atoms with Gasteiger partial charge in [0.05, 0.1) is 0 Å². The second kappa shape index (κ2) is 7.78. The molecule has 6 nitrogen and oxygen atoms in total. The SMILES string of the molecule is CC(C)CN(CCC(N)=NO)CCc1ccnn1C. The topological polar surface area (TPSA) is 79.7 Å². The lowest BCUT2D eigenvalue weighted by Gasteiger charge is -2.24. The van der Waals surface area contributed by atoms with E-state index in [0.717, 1.165) is 26.1 Å². The summed E-state index contributed by atoms with van der Waals surface area (Å²) in [6.07, 6.45) is 3.37. The van der Waals surface area contributed by atoms with E-state index in [-0.39, 0.29) is 5.84 Å². The first kappa shape index (κ1) is 15.5. The van der Waals surface area contributed by atoms with Crippen molar-refractivity contribution in [1.29, 1.82) is 0 Å². The molecule has 0 saturated carbocycles. The van der Waals surface area contributed by atoms with Crippen LogP contribution in [0.4, 0.5) is 0 Å². The Kier molecular flexibility index (Phi) is 6.35. The van der Waals surface area contributed by atoms with Crippen LogP contribution >= 0.6 is 0 Å². The molecule has 1 rings (SSSR count). The van der Waals surface area contributed by atoms with Crippen LogP contribution in [0, 0.1) is 5.92 Å². The van der Waals surface area contributed by atoms with E-state index < -0.39 is 0 Å². The Bertz CT molecular complexity index is 399. The second-order valence-corrected chi connectivity index (χ2v) is 5.23. The van der Waals surface area contributed by atoms with Gasteiger partial charge in [0.15, 0.2) is 0 Å². The lowest BCUT2D eigenvalue weighted by molar-refractivity contribution is 0.250. The molecule has 0 amide bonds. The first-order valence-electron chi connectivity index (χ1n) is 6.68. The summed E-state index contributed by atoms with van der Waals surface area (Å²) in [5.41, 5.74) is 6.75. The third kappa shape index (κ3) is 5.74. The minimum absolute atomic E-state index is 0.286. The number of hydrogen-bond acceptors (Lipinski definition) is 4. The van der Waals surface area contributed by atoms with Gasteiger partial charge in [-0.3, -0.25) is 4.68 Å². The lowest BCUT2D eigenvalue weighted by atomic mass is 10.2. The van der Waals surface area contributed by atoms with Crippen molar-refractivity contribution in [2.75, 3.05) is 19.6 Å². The summed E-state index contributed by atoms with van der Waals surface area (Å²) in [6, 6.07) is 2.04. The lowest BCUT2D eigenvalue weighted by Crippen LogP contribution is -2.33. The molecule has 19 heavy (non-hydrogen) atoms. The Morgan fingerprint density at radius 3 is 2.79 bits per heavy atom. The summed E-state index contributed by atoms with van der Waals surface area (Å²) >= 11 is 0. The van der Waals surface area contributed by atoms with Gasteiger partial charge in [0, 0.05) is 51.4 Å². The van der Waals surface area contributed by atoms with Gasteiger partial charge >= 0.3 is 0 Å². The van der Waals surface area contributed by atoms with Crippen molar-refractivity contribution in [1.82, 2.24) is 14.7 Å². The zero-order valence-corrected chi connectivity index (χ0v) is 12.1. The Hall–Kier alpha value is -1.56. The highest BCUT2D eigenvalue weighted by Gasteiger charge is 2.09. The maximum Gasteiger partial charge on any atom is 0.140 e. The van der Waals surface area contributed by atoms with Gasteiger partial charge in [-0.2, -0.15) is 5.10 Å². The van der Waals surface area contributed by atoms with Crippen molar-refractivity contribution >= 4 is 5.84 Å². The van der Waals surface area contributed by atoms with E-state index >= 15 is 0 Å². The Balaban J connectivity index is 2.47. The van der Waals surface area contributed by atoms with E-state index in [4.69, 9.17) is 10.9 Å². The third-order valence-corrected chi connectivity index (χ3v) is 3.04. The smallest absolute Gasteiger partial charge is 0.140 e. The molecular formula is C13H25N5O. The number of aryl methyl sites for hydroxylation is 1. The van der Waals surface area contributed by atoms with E-state index in [9.17, 15) is 0 Å². The van der Waals surface area contributed by atoms with Crippen LogP contribution in [0.1, 0.15) is 26.0 Å². The maximum absolute atomic E-state index is 8.58. The Morgan fingerprint density at radius 1 is 1.53 bits per heavy atom. The predicted octanol–water partition coefficient (Wildman–Crippen LogP) is 1.06. The van der Waals surface area contributed by atoms with Crippen LogP contribution in [0.25, 0.3) is 0 Å². The quantitative estimate of drug-likeness (QED) is 0.319. The zero-order chi connectivity index (χ0) is 14.3. The molecule has 0 fully saturated rings. The van der Waals surface area contributed by atoms with Crippen LogP contribution in [0.2, 0.25) is 0 Å². The molecule has 6 heteroatoms. The van der Waals surface area contributed by atoms with Crippen LogP contribution < -0.4 is 5.73 Å². The van der Waals surface area contributed by atoms with Crippen LogP contribution in [0.3, 0.4) is 0 Å². The van der Waals surface area contributed by atoms with Crippen LogP contribution in [0.15, 0.2) is 17.4 Å². The molecule has 0 unspecified atom stereocenters. The van der Waals surface area contributed by atoms with Gasteiger partial charge < -0.3 is 15.8 Å². The second-order valence-electron chi connectivity index (χ2n) is 5.23. The van der Waals surface area contributed by atoms with Gasteiger partial charge in [0.2, 0.25) is 0 Å². The minimum Gasteiger partial charge on any atom is -0.409 e. The number of hydrogen-bond donors (Lipinski definition) is 2. The molecule has 108 valence electrons. The summed E-state index contributed by atoms with van der Waals surface area (Å²) in [5, 5.41) is 15.8. The largest absolute Gasteiger partial charge is 0.409 e. The molecule has 1 aromatic rings. The average molecular weight is 267 g/mol. The fourth-order valence-electron chi connectivity index (χ4n) is 2.05. The van der Waals surface area contributed by atoms with Crippen LogP contribution in [-0.2, 0) is 13.5 Å². The van der Waals surface area contributed by atoms with Crippen molar-refractivity contribution < 1.29 is 5.21 Å². The van der Waals surface area contributed by atoms with Crippen molar-refractivity contribution in [2.24, 2.45) is 23.9 Å². The fraction of sp³-hybridized carbons (Fsp3) is 0.692. The predicted molar refractivity (Wildman–Crippen MR) is 76.2 cm³/mol. The van der Waals surface area contributed by atoms with Gasteiger partial charge in [-0.05, 0) is 12.0 Å². The Labute approximate surface area is 114 Å². The van der Waals surface area contributed by atoms with Crippen molar-refractivity contribution in [3.8, 4) is 0 Å². The molecule has 0 bridgehead atoms. The molecule has 1 aromatic heterocycles. The molecule has 0 atom stereocenters. The molecule has 0 aliphatic carbocycles. The zero-order valence-electron chi connectivity index (χ0n) is 12.1. The minimum atomic E-state index is 0.286. The molecule has 3 N–H and O–H groups in total. The average Bonchev–Trinajstić information content (AvgIpc) is 2.77. The van der Waals surface area contributed by atoms with Gasteiger partial charge in [0.25, 0.3) is 0 Å². The molecule has 0 radical (unpaired) electrons. The van der Waals surface area contributed by atoms with Gasteiger partial charge in [0.1, 0.15) is 5.84 Å². The van der Waals surface area contributed by atoms with E-state index in [1.807, 2.05) is 24.0 Å². The van der Waals surface area contributed by atoms with Crippen molar-refractivity contribution in [3.63, 3.8) is 0 Å². The monoisotopic (exact) mass is 267 g/mol. The molecule has 1 heterocycles. The number of rotatable bonds is 8. The summed E-state index contributed by atoms with van der Waals surface area (Å²) in [4.78, 5) is 2.34. The third-order valence-electron chi connectivity index (χ3n) is 3.04. The summed E-state index contributed by atoms with van der Waals surface area (Å²) in [5.74, 6) is 0.883. The molecule has 0 aliphatic heterocycles. The highest BCUT2D eigenvalue weighted by Crippen LogP contribution is 2.04. The summed E-state index contributed by atoms with van der Waals surface area (Å²) in [7, 11) is 1.96. The number of oxime groups is 1. The Morgan fingerprint density at radius 2 is 2.26 bits per heavy atom. The van der Waals surface area contributed by atoms with E-state index in [1.165, 1.54) is 5.69 Å². The van der Waals surface area contributed by atoms with Crippen molar-refractivity contribution in [2.45, 2.75) is 26.7 Å². The van der Waals surface area contributed by atoms with E-state index in [0.29, 0.717) is 12.3 Å². The number of aromatic nitrogens is 2. The van der Waals surface area contributed by atoms with Crippen molar-refractivity contribution in [3.05, 3.63) is 18.0 Å². The van der Waals surface area contributed by atoms with E-state index in [2.05, 4.69) is 29.0 Å².